The van der Waals surface area contributed by atoms with Crippen LogP contribution in [0.25, 0.3) is 0 Å². The number of nitrogens with zero attached hydrogens (tertiary/aromatic N) is 3. The molecule has 0 spiro atoms. The number of fused-ring (bicyclic) bond motifs is 4. The molecule has 3 aliphatic heterocycles. The third-order valence-electron chi connectivity index (χ3n) is 7.60. The number of hydrogen-bond donors (Lipinski definition) is 2. The van der Waals surface area contributed by atoms with Crippen molar-refractivity contribution < 1.29 is 9.59 Å². The Kier molecular flexibility index (Phi) is 6.16. The molecule has 1 aromatic heterocycles. The molecule has 2 N–H and O–H groups in total. The third-order valence-corrected chi connectivity index (χ3v) is 7.60. The van der Waals surface area contributed by atoms with Crippen LogP contribution in [0.15, 0.2) is 41.2 Å². The van der Waals surface area contributed by atoms with E-state index in [1.165, 1.54) is 0 Å². The van der Waals surface area contributed by atoms with Gasteiger partial charge in [0.05, 0.1) is 5.69 Å². The Morgan fingerprint density at radius 3 is 2.38 bits per heavy atom. The molecule has 1 aromatic carbocycles. The second kappa shape index (κ2) is 9.25. The first-order chi connectivity index (χ1) is 16.4. The summed E-state index contributed by atoms with van der Waals surface area (Å²) in [6.45, 7) is 7.82. The maximum atomic E-state index is 12.8. The molecule has 3 aliphatic rings. The molecule has 2 aromatic rings. The molecule has 2 saturated heterocycles. The highest BCUT2D eigenvalue weighted by molar-refractivity contribution is 6.00. The van der Waals surface area contributed by atoms with E-state index >= 15 is 0 Å². The number of anilines is 2. The minimum absolute atomic E-state index is 0.00240. The highest BCUT2D eigenvalue weighted by Gasteiger charge is 2.39. The zero-order valence-electron chi connectivity index (χ0n) is 19.9. The Morgan fingerprint density at radius 2 is 1.68 bits per heavy atom. The predicted molar refractivity (Wildman–Crippen MR) is 132 cm³/mol. The minimum Gasteiger partial charge on any atom is -0.343 e. The zero-order valence-corrected chi connectivity index (χ0v) is 19.9. The van der Waals surface area contributed by atoms with Gasteiger partial charge in [0, 0.05) is 69.1 Å². The molecule has 0 aliphatic carbocycles. The summed E-state index contributed by atoms with van der Waals surface area (Å²) in [5.74, 6) is 0.773. The molecule has 4 heterocycles. The number of carbonyl (C=O) groups is 2. The number of aryl methyl sites for hydroxylation is 1. The molecule has 2 atom stereocenters. The number of nitrogens with one attached hydrogen (secondary N) is 2. The normalized spacial score (nSPS) is 22.7. The first kappa shape index (κ1) is 22.7. The lowest BCUT2D eigenvalue weighted by atomic mass is 9.81. The molecule has 0 saturated carbocycles. The van der Waals surface area contributed by atoms with Gasteiger partial charge in [-0.15, -0.1) is 0 Å². The molecule has 180 valence electrons. The van der Waals surface area contributed by atoms with Crippen molar-refractivity contribution in [2.75, 3.05) is 36.8 Å². The fraction of sp³-hybridized carbons (Fsp3) is 0.500. The van der Waals surface area contributed by atoms with Gasteiger partial charge in [-0.3, -0.25) is 14.5 Å². The van der Waals surface area contributed by atoms with E-state index in [-0.39, 0.29) is 23.4 Å². The lowest BCUT2D eigenvalue weighted by molar-refractivity contribution is -0.130. The highest BCUT2D eigenvalue weighted by atomic mass is 16.2. The fourth-order valence-corrected chi connectivity index (χ4v) is 5.92. The van der Waals surface area contributed by atoms with E-state index in [9.17, 15) is 14.4 Å². The Bertz CT molecular complexity index is 1130. The Morgan fingerprint density at radius 1 is 0.941 bits per heavy atom. The number of likely N-dealkylation sites (tertiary alicyclic amines) is 2. The summed E-state index contributed by atoms with van der Waals surface area (Å²) < 4.78 is 1.87. The van der Waals surface area contributed by atoms with Crippen molar-refractivity contribution in [3.63, 3.8) is 0 Å². The smallest absolute Gasteiger partial charge is 0.323 e. The van der Waals surface area contributed by atoms with Gasteiger partial charge in [-0.05, 0) is 50.3 Å². The quantitative estimate of drug-likeness (QED) is 0.732. The first-order valence-corrected chi connectivity index (χ1v) is 12.3. The number of rotatable bonds is 3. The van der Waals surface area contributed by atoms with E-state index in [4.69, 9.17) is 0 Å². The molecule has 34 heavy (non-hydrogen) atoms. The summed E-state index contributed by atoms with van der Waals surface area (Å²) in [6, 6.07) is 11.1. The van der Waals surface area contributed by atoms with Crippen molar-refractivity contribution in [1.82, 2.24) is 14.4 Å². The summed E-state index contributed by atoms with van der Waals surface area (Å²) in [5.41, 5.74) is 3.50. The first-order valence-electron chi connectivity index (χ1n) is 12.3. The van der Waals surface area contributed by atoms with Gasteiger partial charge in [0.15, 0.2) is 0 Å². The van der Waals surface area contributed by atoms with Gasteiger partial charge in [-0.25, -0.2) is 4.79 Å². The molecule has 2 bridgehead atoms. The molecular weight excluding hydrogens is 430 g/mol. The Labute approximate surface area is 199 Å². The number of aromatic nitrogens is 1. The number of urea groups is 1. The number of piperidine rings is 2. The molecule has 5 rings (SSSR count). The van der Waals surface area contributed by atoms with Gasteiger partial charge in [-0.2, -0.15) is 0 Å². The van der Waals surface area contributed by atoms with Crippen LogP contribution in [-0.4, -0.2) is 58.5 Å². The van der Waals surface area contributed by atoms with E-state index in [0.717, 1.165) is 62.4 Å². The van der Waals surface area contributed by atoms with E-state index < -0.39 is 0 Å². The second-order valence-corrected chi connectivity index (χ2v) is 10.0. The highest BCUT2D eigenvalue weighted by Crippen LogP contribution is 2.40. The summed E-state index contributed by atoms with van der Waals surface area (Å²) in [6.07, 6.45) is 3.01. The predicted octanol–water partition coefficient (Wildman–Crippen LogP) is 3.23. The van der Waals surface area contributed by atoms with Crippen molar-refractivity contribution in [3.8, 4) is 0 Å². The van der Waals surface area contributed by atoms with Gasteiger partial charge < -0.3 is 20.1 Å². The number of benzene rings is 1. The number of pyridine rings is 1. The molecule has 3 amide bonds. The van der Waals surface area contributed by atoms with Gasteiger partial charge in [0.25, 0.3) is 5.56 Å². The van der Waals surface area contributed by atoms with Crippen LogP contribution < -0.4 is 16.2 Å². The van der Waals surface area contributed by atoms with Crippen LogP contribution >= 0.6 is 0 Å². The van der Waals surface area contributed by atoms with E-state index in [1.54, 1.807) is 19.1 Å². The van der Waals surface area contributed by atoms with Crippen LogP contribution in [0.4, 0.5) is 16.2 Å². The van der Waals surface area contributed by atoms with Crippen LogP contribution in [0.2, 0.25) is 0 Å². The summed E-state index contributed by atoms with van der Waals surface area (Å²) in [4.78, 5) is 41.7. The molecule has 8 heteroatoms. The number of carbonyl (C=O) groups excluding carboxylic acids is 2. The van der Waals surface area contributed by atoms with Gasteiger partial charge in [0.1, 0.15) is 0 Å². The Balaban J connectivity index is 1.33. The van der Waals surface area contributed by atoms with Crippen LogP contribution in [0, 0.1) is 12.8 Å². The second-order valence-electron chi connectivity index (χ2n) is 10.0. The molecule has 8 nitrogen and oxygen atoms in total. The van der Waals surface area contributed by atoms with E-state index in [2.05, 4.69) is 15.5 Å². The largest absolute Gasteiger partial charge is 0.343 e. The van der Waals surface area contributed by atoms with E-state index in [0.29, 0.717) is 24.2 Å². The third kappa shape index (κ3) is 4.59. The molecular formula is C26H33N5O3. The molecule has 0 radical (unpaired) electrons. The van der Waals surface area contributed by atoms with Crippen molar-refractivity contribution in [2.24, 2.45) is 5.92 Å². The van der Waals surface area contributed by atoms with Crippen molar-refractivity contribution >= 4 is 23.3 Å². The van der Waals surface area contributed by atoms with Crippen LogP contribution in [0.5, 0.6) is 0 Å². The zero-order chi connectivity index (χ0) is 23.8. The molecule has 0 unspecified atom stereocenters. The van der Waals surface area contributed by atoms with Gasteiger partial charge >= 0.3 is 6.03 Å². The summed E-state index contributed by atoms with van der Waals surface area (Å²) in [7, 11) is 0. The van der Waals surface area contributed by atoms with Crippen LogP contribution in [0.1, 0.15) is 43.4 Å². The van der Waals surface area contributed by atoms with Gasteiger partial charge in [-0.1, -0.05) is 17.7 Å². The average molecular weight is 464 g/mol. The van der Waals surface area contributed by atoms with Crippen molar-refractivity contribution in [1.29, 1.82) is 0 Å². The van der Waals surface area contributed by atoms with Crippen molar-refractivity contribution in [2.45, 2.75) is 51.6 Å². The lowest BCUT2D eigenvalue weighted by Crippen LogP contribution is -2.53. The standard InChI is InChI=1S/C26H33N5O3/c1-17-3-5-21(6-4-17)27-26(34)28-23-7-8-24(33)31-15-19-13-20(25(23)31)16-30(14-19)22-9-11-29(12-10-22)18(2)32/h3-8,19-20,22H,9-16H2,1-2H3,(H2,27,28,34)/t19-,20+/m0/s1. The minimum atomic E-state index is -0.309. The maximum absolute atomic E-state index is 12.8. The fourth-order valence-electron chi connectivity index (χ4n) is 5.92. The van der Waals surface area contributed by atoms with Crippen LogP contribution in [-0.2, 0) is 11.3 Å². The van der Waals surface area contributed by atoms with Crippen molar-refractivity contribution in [3.05, 3.63) is 58.0 Å². The number of hydrogen-bond acceptors (Lipinski definition) is 4. The lowest BCUT2D eigenvalue weighted by Gasteiger charge is -2.47. The Hall–Kier alpha value is -3.13. The maximum Gasteiger partial charge on any atom is 0.323 e. The summed E-state index contributed by atoms with van der Waals surface area (Å²) >= 11 is 0. The van der Waals surface area contributed by atoms with E-state index in [1.807, 2.05) is 40.7 Å². The SMILES string of the molecule is CC(=O)N1CCC(N2C[C@@H]3C[C@H](C2)c2c(NC(=O)Nc4ccc(C)cc4)ccc(=O)n2C3)CC1. The molecule has 2 fully saturated rings. The van der Waals surface area contributed by atoms with Gasteiger partial charge in [0.2, 0.25) is 5.91 Å². The average Bonchev–Trinajstić information content (AvgIpc) is 2.82. The summed E-state index contributed by atoms with van der Waals surface area (Å²) in [5, 5.41) is 5.89. The monoisotopic (exact) mass is 463 g/mol. The topological polar surface area (TPSA) is 86.7 Å². The number of amides is 3. The van der Waals surface area contributed by atoms with Crippen LogP contribution in [0.3, 0.4) is 0 Å².